The third kappa shape index (κ3) is 4.57. The van der Waals surface area contributed by atoms with Crippen molar-refractivity contribution < 1.29 is 13.2 Å². The molecule has 4 rings (SSSR count). The van der Waals surface area contributed by atoms with E-state index >= 15 is 0 Å². The second-order valence-electron chi connectivity index (χ2n) is 8.42. The summed E-state index contributed by atoms with van der Waals surface area (Å²) in [5, 5.41) is 4.11. The molecule has 3 N–H and O–H groups in total. The highest BCUT2D eigenvalue weighted by molar-refractivity contribution is 7.89. The Balaban J connectivity index is 1.65. The Kier molecular flexibility index (Phi) is 6.49. The van der Waals surface area contributed by atoms with Crippen LogP contribution in [0.2, 0.25) is 0 Å². The molecule has 34 heavy (non-hydrogen) atoms. The Bertz CT molecular complexity index is 1420. The van der Waals surface area contributed by atoms with Crippen molar-refractivity contribution in [1.82, 2.24) is 19.6 Å². The Morgan fingerprint density at radius 2 is 1.82 bits per heavy atom. The summed E-state index contributed by atoms with van der Waals surface area (Å²) < 4.78 is 28.1. The van der Waals surface area contributed by atoms with E-state index in [4.69, 9.17) is 0 Å². The van der Waals surface area contributed by atoms with Gasteiger partial charge in [0.05, 0.1) is 0 Å². The van der Waals surface area contributed by atoms with E-state index in [1.165, 1.54) is 23.9 Å². The lowest BCUT2D eigenvalue weighted by atomic mass is 9.90. The highest BCUT2D eigenvalue weighted by atomic mass is 32.2. The number of sulfonamides is 1. The monoisotopic (exact) mass is 479 g/mol. The number of hydrogen-bond acceptors (Lipinski definition) is 4. The summed E-state index contributed by atoms with van der Waals surface area (Å²) in [6.07, 6.45) is 3.42. The molecule has 0 saturated carbocycles. The number of nitrogens with one attached hydrogen (secondary N) is 3. The summed E-state index contributed by atoms with van der Waals surface area (Å²) in [5.74, 6) is -0.438. The minimum atomic E-state index is -3.64. The van der Waals surface area contributed by atoms with Crippen LogP contribution in [0.25, 0.3) is 10.9 Å². The van der Waals surface area contributed by atoms with Crippen molar-refractivity contribution in [2.45, 2.75) is 10.8 Å². The third-order valence-corrected chi connectivity index (χ3v) is 7.45. The van der Waals surface area contributed by atoms with Crippen LogP contribution in [0.4, 0.5) is 5.69 Å². The van der Waals surface area contributed by atoms with E-state index in [0.29, 0.717) is 6.54 Å². The van der Waals surface area contributed by atoms with Crippen molar-refractivity contribution >= 4 is 32.5 Å². The standard InChI is InChI=1S/C25H29N5O3S/c1-26-34(32,33)19-13-24(30(4)16-19)25(31)28-14-21(17-9-11-18(12-10-17)29(2)3)22-15-27-23-8-6-5-7-20(22)23/h5-13,15-16,21,26-27H,14H2,1-4H3,(H,28,31). The molecule has 0 saturated heterocycles. The fourth-order valence-corrected chi connectivity index (χ4v) is 4.90. The normalized spacial score (nSPS) is 12.6. The average molecular weight is 480 g/mol. The number of aromatic amines is 1. The first-order chi connectivity index (χ1) is 16.2. The number of hydrogen-bond donors (Lipinski definition) is 3. The Morgan fingerprint density at radius 1 is 1.12 bits per heavy atom. The van der Waals surface area contributed by atoms with Gasteiger partial charge >= 0.3 is 0 Å². The summed E-state index contributed by atoms with van der Waals surface area (Å²) in [7, 11) is 3.35. The Labute approximate surface area is 199 Å². The number of anilines is 1. The summed E-state index contributed by atoms with van der Waals surface area (Å²) >= 11 is 0. The molecule has 1 unspecified atom stereocenters. The molecule has 0 bridgehead atoms. The van der Waals surface area contributed by atoms with Gasteiger partial charge in [-0.15, -0.1) is 0 Å². The predicted octanol–water partition coefficient (Wildman–Crippen LogP) is 3.04. The number of carbonyl (C=O) groups excluding carboxylic acids is 1. The molecule has 0 fully saturated rings. The molecule has 0 aliphatic heterocycles. The minimum absolute atomic E-state index is 0.0510. The van der Waals surface area contributed by atoms with Crippen LogP contribution in [0.15, 0.2) is 71.9 Å². The maximum absolute atomic E-state index is 13.0. The van der Waals surface area contributed by atoms with Gasteiger partial charge in [-0.1, -0.05) is 30.3 Å². The first-order valence-electron chi connectivity index (χ1n) is 10.9. The predicted molar refractivity (Wildman–Crippen MR) is 135 cm³/mol. The molecule has 1 atom stereocenters. The second kappa shape index (κ2) is 9.36. The molecular weight excluding hydrogens is 450 g/mol. The molecule has 2 heterocycles. The van der Waals surface area contributed by atoms with Crippen molar-refractivity contribution in [3.05, 3.63) is 83.8 Å². The number of carbonyl (C=O) groups is 1. The zero-order valence-electron chi connectivity index (χ0n) is 19.7. The number of H-pyrrole nitrogens is 1. The largest absolute Gasteiger partial charge is 0.378 e. The third-order valence-electron chi connectivity index (χ3n) is 6.07. The lowest BCUT2D eigenvalue weighted by molar-refractivity contribution is 0.0944. The first-order valence-corrected chi connectivity index (χ1v) is 12.4. The topological polar surface area (TPSA) is 99.2 Å². The maximum atomic E-state index is 13.0. The molecular formula is C25H29N5O3S. The number of fused-ring (bicyclic) bond motifs is 1. The molecule has 0 aliphatic carbocycles. The van der Waals surface area contributed by atoms with Crippen LogP contribution in [-0.4, -0.2) is 51.6 Å². The molecule has 2 aromatic carbocycles. The van der Waals surface area contributed by atoms with Gasteiger partial charge < -0.3 is 19.8 Å². The van der Waals surface area contributed by atoms with Gasteiger partial charge in [0.2, 0.25) is 10.0 Å². The SMILES string of the molecule is CNS(=O)(=O)c1cc(C(=O)NCC(c2ccc(N(C)C)cc2)c2c[nH]c3ccccc23)n(C)c1. The fraction of sp³-hybridized carbons (Fsp3) is 0.240. The highest BCUT2D eigenvalue weighted by Gasteiger charge is 2.22. The smallest absolute Gasteiger partial charge is 0.267 e. The van der Waals surface area contributed by atoms with Crippen LogP contribution in [0, 0.1) is 0 Å². The lowest BCUT2D eigenvalue weighted by Crippen LogP contribution is -2.30. The van der Waals surface area contributed by atoms with Gasteiger partial charge in [0.25, 0.3) is 5.91 Å². The maximum Gasteiger partial charge on any atom is 0.267 e. The zero-order valence-corrected chi connectivity index (χ0v) is 20.5. The molecule has 0 spiro atoms. The van der Waals surface area contributed by atoms with Gasteiger partial charge in [-0.2, -0.15) is 0 Å². The van der Waals surface area contributed by atoms with Gasteiger partial charge in [0.1, 0.15) is 10.6 Å². The minimum Gasteiger partial charge on any atom is -0.378 e. The number of para-hydroxylation sites is 1. The van der Waals surface area contributed by atoms with E-state index < -0.39 is 10.0 Å². The number of nitrogens with zero attached hydrogens (tertiary/aromatic N) is 2. The van der Waals surface area contributed by atoms with Crippen LogP contribution < -0.4 is 14.9 Å². The van der Waals surface area contributed by atoms with E-state index in [-0.39, 0.29) is 22.4 Å². The van der Waals surface area contributed by atoms with Crippen LogP contribution in [0.1, 0.15) is 27.5 Å². The molecule has 1 amide bonds. The van der Waals surface area contributed by atoms with E-state index in [2.05, 4.69) is 45.4 Å². The van der Waals surface area contributed by atoms with Crippen molar-refractivity contribution in [2.75, 3.05) is 32.6 Å². The molecule has 8 nitrogen and oxygen atoms in total. The zero-order chi connectivity index (χ0) is 24.5. The molecule has 9 heteroatoms. The van der Waals surface area contributed by atoms with Crippen LogP contribution in [0.3, 0.4) is 0 Å². The van der Waals surface area contributed by atoms with Crippen molar-refractivity contribution in [1.29, 1.82) is 0 Å². The molecule has 0 aliphatic rings. The van der Waals surface area contributed by atoms with Gasteiger partial charge in [0.15, 0.2) is 0 Å². The number of aryl methyl sites for hydroxylation is 1. The Hall–Kier alpha value is -3.56. The summed E-state index contributed by atoms with van der Waals surface area (Å²) in [6.45, 7) is 0.348. The lowest BCUT2D eigenvalue weighted by Gasteiger charge is -2.20. The van der Waals surface area contributed by atoms with Gasteiger partial charge in [0, 0.05) is 62.6 Å². The Morgan fingerprint density at radius 3 is 2.50 bits per heavy atom. The number of amides is 1. The van der Waals surface area contributed by atoms with Crippen LogP contribution in [0.5, 0.6) is 0 Å². The van der Waals surface area contributed by atoms with Crippen LogP contribution >= 0.6 is 0 Å². The van der Waals surface area contributed by atoms with Crippen molar-refractivity contribution in [3.8, 4) is 0 Å². The molecule has 0 radical (unpaired) electrons. The molecule has 4 aromatic rings. The number of aromatic nitrogens is 2. The van der Waals surface area contributed by atoms with Crippen molar-refractivity contribution in [2.24, 2.45) is 7.05 Å². The van der Waals surface area contributed by atoms with E-state index in [9.17, 15) is 13.2 Å². The van der Waals surface area contributed by atoms with Gasteiger partial charge in [-0.05, 0) is 42.4 Å². The summed E-state index contributed by atoms with van der Waals surface area (Å²) in [5.41, 5.74) is 4.55. The van der Waals surface area contributed by atoms with Crippen molar-refractivity contribution in [3.63, 3.8) is 0 Å². The average Bonchev–Trinajstić information content (AvgIpc) is 3.44. The van der Waals surface area contributed by atoms with Crippen LogP contribution in [-0.2, 0) is 17.1 Å². The summed E-state index contributed by atoms with van der Waals surface area (Å²) in [6, 6.07) is 17.7. The van der Waals surface area contributed by atoms with E-state index in [1.54, 1.807) is 7.05 Å². The van der Waals surface area contributed by atoms with Gasteiger partial charge in [-0.25, -0.2) is 13.1 Å². The number of rotatable bonds is 8. The first kappa shape index (κ1) is 23.6. The molecule has 178 valence electrons. The number of benzene rings is 2. The second-order valence-corrected chi connectivity index (χ2v) is 10.3. The quantitative estimate of drug-likeness (QED) is 0.362. The van der Waals surface area contributed by atoms with Gasteiger partial charge in [-0.3, -0.25) is 4.79 Å². The van der Waals surface area contributed by atoms with E-state index in [1.807, 2.05) is 43.4 Å². The molecule has 2 aromatic heterocycles. The fourth-order valence-electron chi connectivity index (χ4n) is 4.10. The highest BCUT2D eigenvalue weighted by Crippen LogP contribution is 2.31. The van der Waals surface area contributed by atoms with E-state index in [0.717, 1.165) is 27.7 Å². The summed E-state index contributed by atoms with van der Waals surface area (Å²) in [4.78, 5) is 18.5.